The molecule has 4 nitrogen and oxygen atoms in total. The van der Waals surface area contributed by atoms with Crippen molar-refractivity contribution in [3.63, 3.8) is 0 Å². The van der Waals surface area contributed by atoms with Gasteiger partial charge in [0.1, 0.15) is 11.9 Å². The second-order valence-corrected chi connectivity index (χ2v) is 5.79. The quantitative estimate of drug-likeness (QED) is 0.879. The summed E-state index contributed by atoms with van der Waals surface area (Å²) in [7, 11) is 0. The third-order valence-electron chi connectivity index (χ3n) is 3.24. The number of aryl methyl sites for hydroxylation is 1. The summed E-state index contributed by atoms with van der Waals surface area (Å²) >= 11 is 6.12. The topological polar surface area (TPSA) is 47.3 Å². The Kier molecular flexibility index (Phi) is 5.26. The molecule has 114 valence electrons. The molecule has 0 spiro atoms. The summed E-state index contributed by atoms with van der Waals surface area (Å²) in [5.74, 6) is 0.811. The summed E-state index contributed by atoms with van der Waals surface area (Å²) < 4.78 is 7.41. The summed E-state index contributed by atoms with van der Waals surface area (Å²) in [6.45, 7) is 6.44. The number of halogens is 1. The molecule has 0 aliphatic carbocycles. The number of aliphatic hydroxyl groups is 1. The monoisotopic (exact) mass is 308 g/mol. The van der Waals surface area contributed by atoms with Gasteiger partial charge in [-0.1, -0.05) is 23.7 Å². The number of aromatic nitrogens is 2. The minimum atomic E-state index is -0.688. The summed E-state index contributed by atoms with van der Waals surface area (Å²) in [5.41, 5.74) is 1.80. The van der Waals surface area contributed by atoms with Crippen molar-refractivity contribution < 1.29 is 9.84 Å². The molecular weight excluding hydrogens is 288 g/mol. The highest BCUT2D eigenvalue weighted by molar-refractivity contribution is 6.31. The van der Waals surface area contributed by atoms with Crippen LogP contribution in [0.3, 0.4) is 0 Å². The lowest BCUT2D eigenvalue weighted by Crippen LogP contribution is -2.14. The first kappa shape index (κ1) is 15.9. The molecule has 0 bridgehead atoms. The highest BCUT2D eigenvalue weighted by atomic mass is 35.5. The lowest BCUT2D eigenvalue weighted by molar-refractivity contribution is 0.130. The maximum Gasteiger partial charge on any atom is 0.119 e. The van der Waals surface area contributed by atoms with Crippen molar-refractivity contribution >= 4 is 11.6 Å². The van der Waals surface area contributed by atoms with E-state index in [0.29, 0.717) is 23.7 Å². The van der Waals surface area contributed by atoms with Gasteiger partial charge in [-0.15, -0.1) is 0 Å². The molecule has 2 rings (SSSR count). The predicted molar refractivity (Wildman–Crippen MR) is 83.9 cm³/mol. The molecule has 0 saturated carbocycles. The number of rotatable bonds is 6. The van der Waals surface area contributed by atoms with E-state index >= 15 is 0 Å². The van der Waals surface area contributed by atoms with Gasteiger partial charge >= 0.3 is 0 Å². The fourth-order valence-electron chi connectivity index (χ4n) is 2.20. The normalized spacial score (nSPS) is 12.7. The molecule has 1 aromatic heterocycles. The summed E-state index contributed by atoms with van der Waals surface area (Å²) in [4.78, 5) is 0. The molecule has 0 radical (unpaired) electrons. The molecule has 0 saturated heterocycles. The van der Waals surface area contributed by atoms with Crippen LogP contribution in [-0.2, 0) is 0 Å². The third kappa shape index (κ3) is 3.99. The standard InChI is InChI=1S/C16H21ClN2O2/c1-11(2)19-16(14(17)10-18-19)15(20)7-8-21-13-6-4-5-12(3)9-13/h4-6,9-11,15,20H,7-8H2,1-3H3. The van der Waals surface area contributed by atoms with Crippen molar-refractivity contribution in [3.8, 4) is 5.75 Å². The first-order chi connectivity index (χ1) is 9.99. The second-order valence-electron chi connectivity index (χ2n) is 5.39. The van der Waals surface area contributed by atoms with E-state index in [2.05, 4.69) is 5.10 Å². The molecule has 1 unspecified atom stereocenters. The third-order valence-corrected chi connectivity index (χ3v) is 3.53. The fourth-order valence-corrected chi connectivity index (χ4v) is 2.46. The molecule has 1 atom stereocenters. The fraction of sp³-hybridized carbons (Fsp3) is 0.438. The van der Waals surface area contributed by atoms with Crippen LogP contribution in [0.5, 0.6) is 5.75 Å². The Balaban J connectivity index is 1.96. The number of nitrogens with zero attached hydrogens (tertiary/aromatic N) is 2. The molecule has 1 aromatic carbocycles. The lowest BCUT2D eigenvalue weighted by Gasteiger charge is -2.17. The molecule has 0 aliphatic rings. The van der Waals surface area contributed by atoms with Crippen LogP contribution < -0.4 is 4.74 Å². The highest BCUT2D eigenvalue weighted by Gasteiger charge is 2.19. The van der Waals surface area contributed by atoms with Gasteiger partial charge in [-0.05, 0) is 38.5 Å². The van der Waals surface area contributed by atoms with Crippen molar-refractivity contribution in [2.24, 2.45) is 0 Å². The van der Waals surface area contributed by atoms with E-state index in [1.165, 1.54) is 0 Å². The SMILES string of the molecule is Cc1cccc(OCCC(O)c2c(Cl)cnn2C(C)C)c1. The van der Waals surface area contributed by atoms with Crippen LogP contribution >= 0.6 is 11.6 Å². The van der Waals surface area contributed by atoms with Gasteiger partial charge in [-0.2, -0.15) is 5.10 Å². The van der Waals surface area contributed by atoms with Crippen LogP contribution in [0.15, 0.2) is 30.5 Å². The summed E-state index contributed by atoms with van der Waals surface area (Å²) in [6, 6.07) is 8.00. The van der Waals surface area contributed by atoms with Gasteiger partial charge in [0, 0.05) is 12.5 Å². The zero-order chi connectivity index (χ0) is 15.4. The average Bonchev–Trinajstić information content (AvgIpc) is 2.81. The van der Waals surface area contributed by atoms with Gasteiger partial charge in [-0.25, -0.2) is 0 Å². The molecule has 5 heteroatoms. The molecule has 1 N–H and O–H groups in total. The van der Waals surface area contributed by atoms with Crippen molar-refractivity contribution in [2.75, 3.05) is 6.61 Å². The minimum Gasteiger partial charge on any atom is -0.493 e. The largest absolute Gasteiger partial charge is 0.493 e. The second kappa shape index (κ2) is 6.96. The molecule has 2 aromatic rings. The van der Waals surface area contributed by atoms with E-state index in [1.54, 1.807) is 10.9 Å². The van der Waals surface area contributed by atoms with Gasteiger partial charge in [0.15, 0.2) is 0 Å². The number of benzene rings is 1. The maximum absolute atomic E-state index is 10.3. The Morgan fingerprint density at radius 3 is 2.81 bits per heavy atom. The molecule has 0 amide bonds. The zero-order valence-corrected chi connectivity index (χ0v) is 13.3. The van der Waals surface area contributed by atoms with Crippen LogP contribution in [0.2, 0.25) is 5.02 Å². The predicted octanol–water partition coefficient (Wildman–Crippen LogP) is 3.93. The lowest BCUT2D eigenvalue weighted by atomic mass is 10.2. The van der Waals surface area contributed by atoms with E-state index in [-0.39, 0.29) is 6.04 Å². The van der Waals surface area contributed by atoms with E-state index in [0.717, 1.165) is 11.3 Å². The Bertz CT molecular complexity index is 596. The van der Waals surface area contributed by atoms with Gasteiger partial charge in [0.2, 0.25) is 0 Å². The Hall–Kier alpha value is -1.52. The van der Waals surface area contributed by atoms with Crippen molar-refractivity contribution in [3.05, 3.63) is 46.7 Å². The molecular formula is C16H21ClN2O2. The van der Waals surface area contributed by atoms with Crippen LogP contribution in [0, 0.1) is 6.92 Å². The molecule has 1 heterocycles. The molecule has 0 aliphatic heterocycles. The Morgan fingerprint density at radius 2 is 2.14 bits per heavy atom. The van der Waals surface area contributed by atoms with Crippen LogP contribution in [0.25, 0.3) is 0 Å². The maximum atomic E-state index is 10.3. The minimum absolute atomic E-state index is 0.153. The number of hydrogen-bond acceptors (Lipinski definition) is 3. The Labute approximate surface area is 130 Å². The molecule has 21 heavy (non-hydrogen) atoms. The zero-order valence-electron chi connectivity index (χ0n) is 12.6. The van der Waals surface area contributed by atoms with Crippen LogP contribution in [-0.4, -0.2) is 21.5 Å². The van der Waals surface area contributed by atoms with Crippen molar-refractivity contribution in [2.45, 2.75) is 39.3 Å². The summed E-state index contributed by atoms with van der Waals surface area (Å²) in [6.07, 6.45) is 1.35. The van der Waals surface area contributed by atoms with E-state index in [1.807, 2.05) is 45.0 Å². The number of ether oxygens (including phenoxy) is 1. The van der Waals surface area contributed by atoms with Gasteiger partial charge < -0.3 is 9.84 Å². The van der Waals surface area contributed by atoms with E-state index in [9.17, 15) is 5.11 Å². The number of hydrogen-bond donors (Lipinski definition) is 1. The highest BCUT2D eigenvalue weighted by Crippen LogP contribution is 2.27. The van der Waals surface area contributed by atoms with Crippen molar-refractivity contribution in [1.82, 2.24) is 9.78 Å². The smallest absolute Gasteiger partial charge is 0.119 e. The van der Waals surface area contributed by atoms with Gasteiger partial charge in [0.05, 0.1) is 23.5 Å². The number of aliphatic hydroxyl groups excluding tert-OH is 1. The van der Waals surface area contributed by atoms with Gasteiger partial charge in [0.25, 0.3) is 0 Å². The van der Waals surface area contributed by atoms with E-state index in [4.69, 9.17) is 16.3 Å². The average molecular weight is 309 g/mol. The Morgan fingerprint density at radius 1 is 1.38 bits per heavy atom. The molecule has 0 fully saturated rings. The van der Waals surface area contributed by atoms with E-state index < -0.39 is 6.10 Å². The van der Waals surface area contributed by atoms with Gasteiger partial charge in [-0.3, -0.25) is 4.68 Å². The summed E-state index contributed by atoms with van der Waals surface area (Å²) in [5, 5.41) is 15.0. The first-order valence-electron chi connectivity index (χ1n) is 7.09. The first-order valence-corrected chi connectivity index (χ1v) is 7.47. The van der Waals surface area contributed by atoms with Crippen LogP contribution in [0.1, 0.15) is 43.7 Å². The van der Waals surface area contributed by atoms with Crippen molar-refractivity contribution in [1.29, 1.82) is 0 Å². The van der Waals surface area contributed by atoms with Crippen LogP contribution in [0.4, 0.5) is 0 Å².